The maximum absolute atomic E-state index is 12.8. The summed E-state index contributed by atoms with van der Waals surface area (Å²) in [5.74, 6) is -0.223. The summed E-state index contributed by atoms with van der Waals surface area (Å²) in [7, 11) is 0. The smallest absolute Gasteiger partial charge is 0.317 e. The van der Waals surface area contributed by atoms with Crippen molar-refractivity contribution < 1.29 is 4.79 Å². The number of nitrogens with zero attached hydrogens (tertiary/aromatic N) is 2. The average molecular weight is 377 g/mol. The van der Waals surface area contributed by atoms with Gasteiger partial charge < -0.3 is 5.32 Å². The molecule has 1 aliphatic rings. The van der Waals surface area contributed by atoms with E-state index in [1.807, 2.05) is 48.5 Å². The van der Waals surface area contributed by atoms with Crippen molar-refractivity contribution in [3.05, 3.63) is 80.9 Å². The van der Waals surface area contributed by atoms with E-state index in [4.69, 9.17) is 0 Å². The van der Waals surface area contributed by atoms with Gasteiger partial charge in [-0.05, 0) is 30.5 Å². The monoisotopic (exact) mass is 377 g/mol. The van der Waals surface area contributed by atoms with E-state index in [2.05, 4.69) is 5.32 Å². The van der Waals surface area contributed by atoms with Crippen molar-refractivity contribution in [1.82, 2.24) is 14.5 Å². The maximum Gasteiger partial charge on any atom is 0.317 e. The molecule has 3 aromatic rings. The van der Waals surface area contributed by atoms with Gasteiger partial charge in [-0.15, -0.1) is 0 Å². The summed E-state index contributed by atoms with van der Waals surface area (Å²) in [5.41, 5.74) is 0.882. The molecule has 1 amide bonds. The molecule has 6 nitrogen and oxygen atoms in total. The van der Waals surface area contributed by atoms with Crippen LogP contribution in [-0.2, 0) is 17.9 Å². The summed E-state index contributed by atoms with van der Waals surface area (Å²) in [6.45, 7) is 0.168. The van der Waals surface area contributed by atoms with Crippen molar-refractivity contribution >= 4 is 16.9 Å². The third-order valence-electron chi connectivity index (χ3n) is 5.34. The van der Waals surface area contributed by atoms with E-state index in [1.165, 1.54) is 9.13 Å². The van der Waals surface area contributed by atoms with Crippen LogP contribution in [0.15, 0.2) is 64.2 Å². The van der Waals surface area contributed by atoms with Crippen LogP contribution < -0.4 is 16.4 Å². The van der Waals surface area contributed by atoms with Gasteiger partial charge in [0.2, 0.25) is 5.91 Å². The largest absolute Gasteiger partial charge is 0.352 e. The number of benzene rings is 2. The van der Waals surface area contributed by atoms with Crippen LogP contribution >= 0.6 is 0 Å². The molecule has 28 heavy (non-hydrogen) atoms. The van der Waals surface area contributed by atoms with E-state index in [9.17, 15) is 14.4 Å². The van der Waals surface area contributed by atoms with Crippen LogP contribution in [0.1, 0.15) is 31.2 Å². The molecule has 1 aliphatic carbocycles. The number of hydrogen-bond donors (Lipinski definition) is 1. The van der Waals surface area contributed by atoms with E-state index in [-0.39, 0.29) is 18.5 Å². The number of carbonyl (C=O) groups excluding carboxylic acids is 1. The van der Waals surface area contributed by atoms with E-state index >= 15 is 0 Å². The van der Waals surface area contributed by atoms with E-state index < -0.39 is 11.1 Å². The van der Waals surface area contributed by atoms with Crippen molar-refractivity contribution in [3.8, 4) is 0 Å². The van der Waals surface area contributed by atoms with Gasteiger partial charge in [0.25, 0.3) is 0 Å². The number of hydrogen-bond acceptors (Lipinski definition) is 3. The lowest BCUT2D eigenvalue weighted by molar-refractivity contribution is -0.122. The molecule has 0 bridgehead atoms. The predicted octanol–water partition coefficient (Wildman–Crippen LogP) is 2.27. The fourth-order valence-electron chi connectivity index (χ4n) is 3.94. The predicted molar refractivity (Wildman–Crippen MR) is 108 cm³/mol. The maximum atomic E-state index is 12.8. The highest BCUT2D eigenvalue weighted by Crippen LogP contribution is 2.18. The third-order valence-corrected chi connectivity index (χ3v) is 5.34. The number of rotatable bonds is 5. The van der Waals surface area contributed by atoms with Crippen molar-refractivity contribution in [2.45, 2.75) is 44.8 Å². The van der Waals surface area contributed by atoms with Gasteiger partial charge in [-0.1, -0.05) is 55.3 Å². The lowest BCUT2D eigenvalue weighted by Gasteiger charge is -2.16. The molecule has 0 radical (unpaired) electrons. The topological polar surface area (TPSA) is 73.1 Å². The Kier molecular flexibility index (Phi) is 5.10. The number of para-hydroxylation sites is 2. The Bertz CT molecular complexity index is 1110. The fourth-order valence-corrected chi connectivity index (χ4v) is 3.94. The first kappa shape index (κ1) is 18.2. The lowest BCUT2D eigenvalue weighted by Crippen LogP contribution is -2.45. The molecule has 1 saturated carbocycles. The van der Waals surface area contributed by atoms with Gasteiger partial charge in [0.05, 0.1) is 17.6 Å². The second kappa shape index (κ2) is 7.84. The summed E-state index contributed by atoms with van der Waals surface area (Å²) in [6, 6.07) is 16.9. The Morgan fingerprint density at radius 2 is 1.43 bits per heavy atom. The van der Waals surface area contributed by atoms with Gasteiger partial charge in [0.1, 0.15) is 6.54 Å². The van der Waals surface area contributed by atoms with Crippen LogP contribution in [-0.4, -0.2) is 21.1 Å². The lowest BCUT2D eigenvalue weighted by atomic mass is 10.2. The first-order valence-corrected chi connectivity index (χ1v) is 9.69. The van der Waals surface area contributed by atoms with Gasteiger partial charge in [-0.2, -0.15) is 0 Å². The first-order chi connectivity index (χ1) is 13.6. The molecule has 2 aromatic carbocycles. The van der Waals surface area contributed by atoms with Crippen LogP contribution in [0.4, 0.5) is 0 Å². The van der Waals surface area contributed by atoms with Crippen molar-refractivity contribution in [3.63, 3.8) is 0 Å². The molecular formula is C22H23N3O3. The summed E-state index contributed by atoms with van der Waals surface area (Å²) >= 11 is 0. The van der Waals surface area contributed by atoms with Gasteiger partial charge in [0, 0.05) is 6.04 Å². The summed E-state index contributed by atoms with van der Waals surface area (Å²) < 4.78 is 2.78. The van der Waals surface area contributed by atoms with Crippen molar-refractivity contribution in [2.75, 3.05) is 0 Å². The minimum Gasteiger partial charge on any atom is -0.352 e. The van der Waals surface area contributed by atoms with Crippen LogP contribution in [0.2, 0.25) is 0 Å². The minimum absolute atomic E-state index is 0.142. The molecule has 1 heterocycles. The summed E-state index contributed by atoms with van der Waals surface area (Å²) in [5, 5.41) is 2.99. The molecule has 144 valence electrons. The number of fused-ring (bicyclic) bond motifs is 1. The molecule has 0 spiro atoms. The zero-order chi connectivity index (χ0) is 19.5. The molecule has 1 N–H and O–H groups in total. The Morgan fingerprint density at radius 3 is 2.11 bits per heavy atom. The Balaban J connectivity index is 1.73. The van der Waals surface area contributed by atoms with Gasteiger partial charge >= 0.3 is 11.1 Å². The number of aromatic nitrogens is 2. The van der Waals surface area contributed by atoms with Gasteiger partial charge in [-0.25, -0.2) is 0 Å². The fraction of sp³-hybridized carbons (Fsp3) is 0.318. The second-order valence-corrected chi connectivity index (χ2v) is 7.31. The number of nitrogens with one attached hydrogen (secondary N) is 1. The summed E-state index contributed by atoms with van der Waals surface area (Å²) in [6.07, 6.45) is 4.17. The molecule has 0 atom stereocenters. The highest BCUT2D eigenvalue weighted by Gasteiger charge is 2.19. The average Bonchev–Trinajstić information content (AvgIpc) is 3.22. The molecule has 0 unspecified atom stereocenters. The van der Waals surface area contributed by atoms with Crippen molar-refractivity contribution in [1.29, 1.82) is 0 Å². The quantitative estimate of drug-likeness (QED) is 0.693. The molecule has 0 aliphatic heterocycles. The standard InChI is InChI=1S/C22H23N3O3/c26-20(23-17-10-4-5-11-17)15-25-19-13-7-6-12-18(19)24(21(27)22(25)28)14-16-8-2-1-3-9-16/h1-3,6-9,12-13,17H,4-5,10-11,14-15H2,(H,23,26). The summed E-state index contributed by atoms with van der Waals surface area (Å²) in [4.78, 5) is 38.1. The Morgan fingerprint density at radius 1 is 0.857 bits per heavy atom. The molecule has 6 heteroatoms. The molecule has 0 saturated heterocycles. The zero-order valence-corrected chi connectivity index (χ0v) is 15.6. The number of amides is 1. The highest BCUT2D eigenvalue weighted by atomic mass is 16.2. The van der Waals surface area contributed by atoms with Crippen LogP contribution in [0, 0.1) is 0 Å². The van der Waals surface area contributed by atoms with Crippen LogP contribution in [0.25, 0.3) is 11.0 Å². The zero-order valence-electron chi connectivity index (χ0n) is 15.6. The first-order valence-electron chi connectivity index (χ1n) is 9.69. The highest BCUT2D eigenvalue weighted by molar-refractivity contribution is 5.80. The van der Waals surface area contributed by atoms with Gasteiger partial charge in [0.15, 0.2) is 0 Å². The van der Waals surface area contributed by atoms with Gasteiger partial charge in [-0.3, -0.25) is 23.5 Å². The Labute approximate surface area is 162 Å². The molecule has 4 rings (SSSR count). The third kappa shape index (κ3) is 3.63. The second-order valence-electron chi connectivity index (χ2n) is 7.31. The molecule has 1 fully saturated rings. The van der Waals surface area contributed by atoms with Crippen LogP contribution in [0.3, 0.4) is 0 Å². The van der Waals surface area contributed by atoms with E-state index in [1.54, 1.807) is 6.07 Å². The molecule has 1 aromatic heterocycles. The van der Waals surface area contributed by atoms with Crippen LogP contribution in [0.5, 0.6) is 0 Å². The minimum atomic E-state index is -0.670. The molecular weight excluding hydrogens is 354 g/mol. The van der Waals surface area contributed by atoms with E-state index in [0.29, 0.717) is 17.6 Å². The van der Waals surface area contributed by atoms with Crippen molar-refractivity contribution in [2.24, 2.45) is 0 Å². The SMILES string of the molecule is O=C(Cn1c(=O)c(=O)n(Cc2ccccc2)c2ccccc21)NC1CCCC1. The Hall–Kier alpha value is -3.15. The number of carbonyl (C=O) groups is 1. The normalized spacial score (nSPS) is 14.4. The van der Waals surface area contributed by atoms with E-state index in [0.717, 1.165) is 31.2 Å².